The van der Waals surface area contributed by atoms with Crippen molar-refractivity contribution in [2.45, 2.75) is 34.2 Å². The van der Waals surface area contributed by atoms with E-state index >= 15 is 0 Å². The van der Waals surface area contributed by atoms with E-state index in [4.69, 9.17) is 14.2 Å². The van der Waals surface area contributed by atoms with E-state index in [1.165, 1.54) is 12.1 Å². The van der Waals surface area contributed by atoms with Crippen molar-refractivity contribution in [3.63, 3.8) is 0 Å². The molecule has 0 radical (unpaired) electrons. The highest BCUT2D eigenvalue weighted by Crippen LogP contribution is 2.25. The summed E-state index contributed by atoms with van der Waals surface area (Å²) in [6.07, 6.45) is -0.796. The van der Waals surface area contributed by atoms with Crippen LogP contribution >= 0.6 is 0 Å². The molecule has 3 rings (SSSR count). The minimum absolute atomic E-state index is 0.0666. The second kappa shape index (κ2) is 12.4. The van der Waals surface area contributed by atoms with Gasteiger partial charge in [-0.05, 0) is 86.3 Å². The number of hydrogen-bond donors (Lipinski definition) is 2. The van der Waals surface area contributed by atoms with Crippen LogP contribution in [0.1, 0.15) is 39.5 Å². The first-order valence-electron chi connectivity index (χ1n) is 11.6. The molecule has 0 aliphatic rings. The topological polar surface area (TPSA) is 103 Å². The van der Waals surface area contributed by atoms with Crippen LogP contribution in [0, 0.1) is 20.8 Å². The minimum Gasteiger partial charge on any atom is -0.483 e. The first-order chi connectivity index (χ1) is 17.3. The number of carbonyl (C=O) groups excluding carboxylic acids is 3. The molecule has 2 amide bonds. The van der Waals surface area contributed by atoms with E-state index in [-0.39, 0.29) is 30.8 Å². The number of carbonyl (C=O) groups is 3. The fourth-order valence-corrected chi connectivity index (χ4v) is 3.36. The maximum Gasteiger partial charge on any atom is 0.513 e. The van der Waals surface area contributed by atoms with Crippen LogP contribution in [0.15, 0.2) is 60.7 Å². The van der Waals surface area contributed by atoms with Crippen LogP contribution in [0.25, 0.3) is 0 Å². The van der Waals surface area contributed by atoms with Crippen molar-refractivity contribution in [3.8, 4) is 11.5 Å². The van der Waals surface area contributed by atoms with Crippen molar-refractivity contribution in [1.82, 2.24) is 5.32 Å². The van der Waals surface area contributed by atoms with Crippen LogP contribution < -0.4 is 20.1 Å². The third kappa shape index (κ3) is 7.33. The summed E-state index contributed by atoms with van der Waals surface area (Å²) < 4.78 is 15.4. The Hall–Kier alpha value is -4.33. The zero-order valence-electron chi connectivity index (χ0n) is 20.8. The van der Waals surface area contributed by atoms with Gasteiger partial charge in [0.25, 0.3) is 11.8 Å². The number of nitrogens with one attached hydrogen (secondary N) is 2. The molecule has 0 atom stereocenters. The highest BCUT2D eigenvalue weighted by atomic mass is 16.7. The lowest BCUT2D eigenvalue weighted by molar-refractivity contribution is -0.123. The van der Waals surface area contributed by atoms with E-state index in [2.05, 4.69) is 10.6 Å². The zero-order valence-corrected chi connectivity index (χ0v) is 20.8. The molecule has 8 heteroatoms. The molecule has 3 aromatic rings. The van der Waals surface area contributed by atoms with Gasteiger partial charge in [0, 0.05) is 17.8 Å². The van der Waals surface area contributed by atoms with Crippen LogP contribution in [0.3, 0.4) is 0 Å². The summed E-state index contributed by atoms with van der Waals surface area (Å²) in [7, 11) is 0. The van der Waals surface area contributed by atoms with Crippen molar-refractivity contribution >= 4 is 23.7 Å². The number of aryl methyl sites for hydroxylation is 2. The van der Waals surface area contributed by atoms with Gasteiger partial charge < -0.3 is 24.8 Å². The molecule has 0 aliphatic heterocycles. The second-order valence-electron chi connectivity index (χ2n) is 8.18. The molecule has 3 aromatic carbocycles. The van der Waals surface area contributed by atoms with Gasteiger partial charge in [0.2, 0.25) is 0 Å². The molecule has 8 nitrogen and oxygen atoms in total. The summed E-state index contributed by atoms with van der Waals surface area (Å²) in [5, 5.41) is 5.65. The number of anilines is 1. The predicted octanol–water partition coefficient (Wildman–Crippen LogP) is 5.09. The maximum atomic E-state index is 12.5. The molecular formula is C28H30N2O6. The Bertz CT molecular complexity index is 1220. The monoisotopic (exact) mass is 490 g/mol. The standard InChI is InChI=1S/C28H30N2O6/c1-5-34-28(33)36-24-14-10-22(11-15-24)27(32)30-23-12-8-21(9-13-23)16-29-25(31)17-35-26-19(3)7-6-18(2)20(26)4/h6-15H,5,16-17H2,1-4H3,(H,29,31)(H,30,32). The number of benzene rings is 3. The highest BCUT2D eigenvalue weighted by Gasteiger charge is 2.11. The molecule has 0 saturated heterocycles. The summed E-state index contributed by atoms with van der Waals surface area (Å²) in [6, 6.07) is 17.3. The first-order valence-corrected chi connectivity index (χ1v) is 11.6. The van der Waals surface area contributed by atoms with Crippen molar-refractivity contribution in [1.29, 1.82) is 0 Å². The SMILES string of the molecule is CCOC(=O)Oc1ccc(C(=O)Nc2ccc(CNC(=O)COc3c(C)ccc(C)c3C)cc2)cc1. The van der Waals surface area contributed by atoms with Crippen LogP contribution in [0.4, 0.5) is 10.5 Å². The lowest BCUT2D eigenvalue weighted by Crippen LogP contribution is -2.28. The largest absolute Gasteiger partial charge is 0.513 e. The Labute approximate surface area is 210 Å². The van der Waals surface area contributed by atoms with Crippen molar-refractivity contribution in [2.24, 2.45) is 0 Å². The van der Waals surface area contributed by atoms with Crippen molar-refractivity contribution in [2.75, 3.05) is 18.5 Å². The number of hydrogen-bond acceptors (Lipinski definition) is 6. The summed E-state index contributed by atoms with van der Waals surface area (Å²) >= 11 is 0. The molecule has 0 saturated carbocycles. The van der Waals surface area contributed by atoms with E-state index in [9.17, 15) is 14.4 Å². The number of rotatable bonds is 9. The lowest BCUT2D eigenvalue weighted by atomic mass is 10.1. The van der Waals surface area contributed by atoms with Gasteiger partial charge in [-0.3, -0.25) is 9.59 Å². The average Bonchev–Trinajstić information content (AvgIpc) is 2.86. The lowest BCUT2D eigenvalue weighted by Gasteiger charge is -2.14. The van der Waals surface area contributed by atoms with Crippen LogP contribution in [-0.2, 0) is 16.1 Å². The fraction of sp³-hybridized carbons (Fsp3) is 0.250. The van der Waals surface area contributed by atoms with Gasteiger partial charge in [0.05, 0.1) is 6.61 Å². The van der Waals surface area contributed by atoms with Gasteiger partial charge in [-0.2, -0.15) is 0 Å². The molecule has 0 heterocycles. The average molecular weight is 491 g/mol. The molecule has 2 N–H and O–H groups in total. The minimum atomic E-state index is -0.796. The molecule has 188 valence electrons. The Morgan fingerprint density at radius 2 is 1.50 bits per heavy atom. The van der Waals surface area contributed by atoms with Gasteiger partial charge in [0.15, 0.2) is 6.61 Å². The van der Waals surface area contributed by atoms with E-state index in [1.54, 1.807) is 31.2 Å². The number of amides is 2. The van der Waals surface area contributed by atoms with Gasteiger partial charge in [-0.1, -0.05) is 24.3 Å². The third-order valence-electron chi connectivity index (χ3n) is 5.50. The molecule has 0 aliphatic carbocycles. The second-order valence-corrected chi connectivity index (χ2v) is 8.18. The quantitative estimate of drug-likeness (QED) is 0.320. The molecule has 0 fully saturated rings. The molecular weight excluding hydrogens is 460 g/mol. The fourth-order valence-electron chi connectivity index (χ4n) is 3.36. The smallest absolute Gasteiger partial charge is 0.483 e. The summed E-state index contributed by atoms with van der Waals surface area (Å²) in [4.78, 5) is 36.1. The maximum absolute atomic E-state index is 12.5. The Kier molecular flexibility index (Phi) is 9.05. The number of ether oxygens (including phenoxy) is 3. The van der Waals surface area contributed by atoms with Crippen LogP contribution in [0.2, 0.25) is 0 Å². The molecule has 0 unspecified atom stereocenters. The van der Waals surface area contributed by atoms with Crippen molar-refractivity contribution < 1.29 is 28.6 Å². The van der Waals surface area contributed by atoms with E-state index in [1.807, 2.05) is 45.0 Å². The predicted molar refractivity (Wildman–Crippen MR) is 136 cm³/mol. The normalized spacial score (nSPS) is 10.3. The third-order valence-corrected chi connectivity index (χ3v) is 5.50. The van der Waals surface area contributed by atoms with Gasteiger partial charge >= 0.3 is 6.16 Å². The van der Waals surface area contributed by atoms with Crippen LogP contribution in [-0.4, -0.2) is 31.2 Å². The van der Waals surface area contributed by atoms with Crippen molar-refractivity contribution in [3.05, 3.63) is 88.5 Å². The Morgan fingerprint density at radius 3 is 2.17 bits per heavy atom. The summed E-state index contributed by atoms with van der Waals surface area (Å²) in [6.45, 7) is 8.11. The first kappa shape index (κ1) is 26.3. The Balaban J connectivity index is 1.46. The van der Waals surface area contributed by atoms with E-state index < -0.39 is 6.16 Å². The molecule has 0 aromatic heterocycles. The highest BCUT2D eigenvalue weighted by molar-refractivity contribution is 6.04. The van der Waals surface area contributed by atoms with Gasteiger partial charge in [-0.25, -0.2) is 4.79 Å². The summed E-state index contributed by atoms with van der Waals surface area (Å²) in [5.41, 5.74) is 5.02. The molecule has 36 heavy (non-hydrogen) atoms. The molecule has 0 spiro atoms. The summed E-state index contributed by atoms with van der Waals surface area (Å²) in [5.74, 6) is 0.498. The van der Waals surface area contributed by atoms with Gasteiger partial charge in [-0.15, -0.1) is 0 Å². The van der Waals surface area contributed by atoms with Crippen LogP contribution in [0.5, 0.6) is 11.5 Å². The zero-order chi connectivity index (χ0) is 26.1. The van der Waals surface area contributed by atoms with E-state index in [0.29, 0.717) is 17.8 Å². The molecule has 0 bridgehead atoms. The Morgan fingerprint density at radius 1 is 0.833 bits per heavy atom. The van der Waals surface area contributed by atoms with Gasteiger partial charge in [0.1, 0.15) is 11.5 Å². The van der Waals surface area contributed by atoms with E-state index in [0.717, 1.165) is 28.0 Å².